The molecule has 3 N–H and O–H groups in total. The van der Waals surface area contributed by atoms with Crippen molar-refractivity contribution in [3.05, 3.63) is 18.5 Å². The molecule has 1 amide bonds. The molecular weight excluding hydrogens is 296 g/mol. The van der Waals surface area contributed by atoms with Crippen LogP contribution in [0.4, 0.5) is 16.2 Å². The highest BCUT2D eigenvalue weighted by Gasteiger charge is 2.28. The third-order valence-electron chi connectivity index (χ3n) is 3.64. The highest BCUT2D eigenvalue weighted by atomic mass is 16.6. The minimum Gasteiger partial charge on any atom is -0.444 e. The lowest BCUT2D eigenvalue weighted by molar-refractivity contribution is 0.0495. The van der Waals surface area contributed by atoms with E-state index < -0.39 is 11.7 Å². The van der Waals surface area contributed by atoms with Gasteiger partial charge in [0, 0.05) is 25.3 Å². The quantitative estimate of drug-likeness (QED) is 0.742. The Labute approximate surface area is 137 Å². The summed E-state index contributed by atoms with van der Waals surface area (Å²) in [5.74, 6) is 0.406. The molecule has 1 saturated heterocycles. The van der Waals surface area contributed by atoms with Gasteiger partial charge in [-0.25, -0.2) is 4.79 Å². The molecule has 0 bridgehead atoms. The molecule has 0 radical (unpaired) electrons. The van der Waals surface area contributed by atoms with Gasteiger partial charge in [-0.05, 0) is 39.2 Å². The predicted molar refractivity (Wildman–Crippen MR) is 88.8 cm³/mol. The number of piperidine rings is 1. The Morgan fingerprint density at radius 3 is 2.83 bits per heavy atom. The van der Waals surface area contributed by atoms with Gasteiger partial charge in [0.2, 0.25) is 0 Å². The molecule has 1 aromatic rings. The third-order valence-corrected chi connectivity index (χ3v) is 3.64. The fraction of sp³-hybridized carbons (Fsp3) is 0.625. The van der Waals surface area contributed by atoms with Crippen molar-refractivity contribution in [2.45, 2.75) is 45.8 Å². The van der Waals surface area contributed by atoms with Crippen LogP contribution in [0.15, 0.2) is 18.5 Å². The van der Waals surface area contributed by atoms with Crippen molar-refractivity contribution < 1.29 is 14.7 Å². The summed E-state index contributed by atoms with van der Waals surface area (Å²) in [5.41, 5.74) is 3.09. The van der Waals surface area contributed by atoms with E-state index in [4.69, 9.17) is 4.74 Å². The smallest absolute Gasteiger partial charge is 0.407 e. The first kappa shape index (κ1) is 17.3. The van der Waals surface area contributed by atoms with Crippen molar-refractivity contribution in [3.8, 4) is 0 Å². The molecule has 0 saturated carbocycles. The molecule has 7 heteroatoms. The maximum absolute atomic E-state index is 12.0. The first-order valence-corrected chi connectivity index (χ1v) is 7.87. The molecule has 2 heterocycles. The lowest BCUT2D eigenvalue weighted by Gasteiger charge is -2.38. The SMILES string of the molecule is C[C@@H]1C[C@H](NC(=O)OC(C)(C)C)CN(c2ccncc2NO)C1. The fourth-order valence-corrected chi connectivity index (χ4v) is 2.88. The van der Waals surface area contributed by atoms with Crippen LogP contribution in [-0.4, -0.2) is 41.0 Å². The molecule has 0 aromatic carbocycles. The monoisotopic (exact) mass is 322 g/mol. The van der Waals surface area contributed by atoms with Gasteiger partial charge in [-0.1, -0.05) is 6.92 Å². The molecule has 0 unspecified atom stereocenters. The molecular formula is C16H26N4O3. The summed E-state index contributed by atoms with van der Waals surface area (Å²) in [4.78, 5) is 18.1. The third kappa shape index (κ3) is 4.99. The Morgan fingerprint density at radius 1 is 1.43 bits per heavy atom. The van der Waals surface area contributed by atoms with E-state index in [9.17, 15) is 10.0 Å². The lowest BCUT2D eigenvalue weighted by Crippen LogP contribution is -2.51. The van der Waals surface area contributed by atoms with E-state index in [-0.39, 0.29) is 6.04 Å². The molecule has 7 nitrogen and oxygen atoms in total. The van der Waals surface area contributed by atoms with Crippen LogP contribution in [0.5, 0.6) is 0 Å². The minimum atomic E-state index is -0.511. The van der Waals surface area contributed by atoms with Crippen LogP contribution in [-0.2, 0) is 4.74 Å². The van der Waals surface area contributed by atoms with E-state index in [1.165, 1.54) is 0 Å². The van der Waals surface area contributed by atoms with Crippen LogP contribution in [0.2, 0.25) is 0 Å². The predicted octanol–water partition coefficient (Wildman–Crippen LogP) is 2.62. The number of ether oxygens (including phenoxy) is 1. The van der Waals surface area contributed by atoms with Gasteiger partial charge >= 0.3 is 6.09 Å². The summed E-state index contributed by atoms with van der Waals surface area (Å²) >= 11 is 0. The van der Waals surface area contributed by atoms with Gasteiger partial charge in [-0.15, -0.1) is 0 Å². The van der Waals surface area contributed by atoms with Gasteiger partial charge in [0.05, 0.1) is 11.9 Å². The number of hydrogen-bond donors (Lipinski definition) is 3. The van der Waals surface area contributed by atoms with Crippen molar-refractivity contribution in [2.24, 2.45) is 5.92 Å². The first-order valence-electron chi connectivity index (χ1n) is 7.87. The van der Waals surface area contributed by atoms with Crippen LogP contribution >= 0.6 is 0 Å². The second-order valence-corrected chi connectivity index (χ2v) is 7.09. The summed E-state index contributed by atoms with van der Waals surface area (Å²) in [7, 11) is 0. The van der Waals surface area contributed by atoms with Crippen molar-refractivity contribution >= 4 is 17.5 Å². The van der Waals surface area contributed by atoms with Crippen LogP contribution in [0.1, 0.15) is 34.1 Å². The molecule has 128 valence electrons. The zero-order chi connectivity index (χ0) is 17.0. The normalized spacial score (nSPS) is 21.7. The molecule has 0 spiro atoms. The molecule has 23 heavy (non-hydrogen) atoms. The van der Waals surface area contributed by atoms with Crippen LogP contribution in [0.3, 0.4) is 0 Å². The van der Waals surface area contributed by atoms with E-state index >= 15 is 0 Å². The second kappa shape index (κ2) is 7.04. The van der Waals surface area contributed by atoms with Gasteiger partial charge in [-0.3, -0.25) is 15.7 Å². The van der Waals surface area contributed by atoms with E-state index in [0.29, 0.717) is 18.2 Å². The van der Waals surface area contributed by atoms with Crippen molar-refractivity contribution in [3.63, 3.8) is 0 Å². The van der Waals surface area contributed by atoms with E-state index in [1.807, 2.05) is 26.8 Å². The molecule has 1 aliphatic heterocycles. The van der Waals surface area contributed by atoms with Crippen LogP contribution in [0, 0.1) is 5.92 Å². The number of nitrogens with zero attached hydrogens (tertiary/aromatic N) is 2. The largest absolute Gasteiger partial charge is 0.444 e. The van der Waals surface area contributed by atoms with Crippen LogP contribution < -0.4 is 15.7 Å². The Kier molecular flexibility index (Phi) is 5.30. The van der Waals surface area contributed by atoms with Crippen molar-refractivity contribution in [1.29, 1.82) is 0 Å². The van der Waals surface area contributed by atoms with Gasteiger partial charge in [-0.2, -0.15) is 0 Å². The lowest BCUT2D eigenvalue weighted by atomic mass is 9.95. The minimum absolute atomic E-state index is 0.00620. The number of pyridine rings is 1. The first-order chi connectivity index (χ1) is 10.8. The van der Waals surface area contributed by atoms with Gasteiger partial charge < -0.3 is 15.0 Å². The molecule has 2 rings (SSSR count). The van der Waals surface area contributed by atoms with Gasteiger partial charge in [0.1, 0.15) is 11.3 Å². The summed E-state index contributed by atoms with van der Waals surface area (Å²) in [5, 5.41) is 12.2. The van der Waals surface area contributed by atoms with E-state index in [0.717, 1.165) is 18.7 Å². The Hall–Kier alpha value is -2.02. The standard InChI is InChI=1S/C16H26N4O3/c1-11-7-12(18-15(21)23-16(2,3)4)10-20(9-11)14-5-6-17-8-13(14)19-22/h5-6,8,11-12,19,22H,7,9-10H2,1-4H3,(H,18,21)/t11-,12+/m1/s1. The highest BCUT2D eigenvalue weighted by molar-refractivity contribution is 5.70. The Balaban J connectivity index is 2.06. The number of aromatic nitrogens is 1. The molecule has 0 aliphatic carbocycles. The average Bonchev–Trinajstić information content (AvgIpc) is 2.44. The molecule has 1 fully saturated rings. The highest BCUT2D eigenvalue weighted by Crippen LogP contribution is 2.28. The maximum atomic E-state index is 12.0. The van der Waals surface area contributed by atoms with Crippen molar-refractivity contribution in [1.82, 2.24) is 10.3 Å². The van der Waals surface area contributed by atoms with Crippen LogP contribution in [0.25, 0.3) is 0 Å². The summed E-state index contributed by atoms with van der Waals surface area (Å²) < 4.78 is 5.33. The number of alkyl carbamates (subject to hydrolysis) is 1. The summed E-state index contributed by atoms with van der Waals surface area (Å²) in [6.45, 7) is 9.19. The summed E-state index contributed by atoms with van der Waals surface area (Å²) in [6.07, 6.45) is 3.76. The molecule has 1 aliphatic rings. The second-order valence-electron chi connectivity index (χ2n) is 7.09. The molecule has 1 aromatic heterocycles. The Morgan fingerprint density at radius 2 is 2.17 bits per heavy atom. The fourth-order valence-electron chi connectivity index (χ4n) is 2.88. The zero-order valence-corrected chi connectivity index (χ0v) is 14.2. The number of carbonyl (C=O) groups excluding carboxylic acids is 1. The van der Waals surface area contributed by atoms with E-state index in [2.05, 4.69) is 27.6 Å². The zero-order valence-electron chi connectivity index (χ0n) is 14.2. The van der Waals surface area contributed by atoms with Gasteiger partial charge in [0.25, 0.3) is 0 Å². The average molecular weight is 322 g/mol. The van der Waals surface area contributed by atoms with Crippen molar-refractivity contribution in [2.75, 3.05) is 23.5 Å². The number of amides is 1. The maximum Gasteiger partial charge on any atom is 0.407 e. The topological polar surface area (TPSA) is 86.7 Å². The molecule has 2 atom stereocenters. The number of anilines is 2. The number of hydrogen-bond acceptors (Lipinski definition) is 6. The summed E-state index contributed by atoms with van der Waals surface area (Å²) in [6, 6.07) is 1.84. The number of carbonyl (C=O) groups is 1. The number of nitrogens with one attached hydrogen (secondary N) is 2. The number of rotatable bonds is 3. The Bertz CT molecular complexity index is 544. The van der Waals surface area contributed by atoms with Gasteiger partial charge in [0.15, 0.2) is 0 Å². The van der Waals surface area contributed by atoms with E-state index in [1.54, 1.807) is 12.4 Å².